The summed E-state index contributed by atoms with van der Waals surface area (Å²) in [7, 11) is 12.4. The van der Waals surface area contributed by atoms with Crippen molar-refractivity contribution in [3.8, 4) is 0 Å². The van der Waals surface area contributed by atoms with Gasteiger partial charge in [0.2, 0.25) is 0 Å². The molecular formula is C23H24BiCl2F6N2. The standard InChI is InChI=1S/C9H16N2.2C7H4F3.Bi.2ClH/c1-2-5-9-10-6-4-8-11(9)7-3-1;2*8-7(9,10)6-4-2-1-3-5-6;;;/h1-8H2;2*1-4H;;2*1H/q;;;+2;;/p-2. The first-order valence-electron chi connectivity index (χ1n) is 10.8. The van der Waals surface area contributed by atoms with Gasteiger partial charge in [0, 0.05) is 26.1 Å². The SMILES string of the molecule is C1CCC2=NCCCN2CC1.FC(F)(F)c1cccc[c]1[Bi]([Cl])([Cl])[c]1ccccc1C(F)(F)F. The summed E-state index contributed by atoms with van der Waals surface area (Å²) in [6.45, 7) is 3.60. The van der Waals surface area contributed by atoms with E-state index in [1.807, 2.05) is 0 Å². The predicted molar refractivity (Wildman–Crippen MR) is 127 cm³/mol. The van der Waals surface area contributed by atoms with Crippen LogP contribution >= 0.6 is 17.0 Å². The number of hydrogen-bond donors (Lipinski definition) is 0. The van der Waals surface area contributed by atoms with Crippen LogP contribution in [0.4, 0.5) is 26.3 Å². The molecule has 2 aliphatic rings. The van der Waals surface area contributed by atoms with E-state index in [9.17, 15) is 26.3 Å². The van der Waals surface area contributed by atoms with E-state index in [2.05, 4.69) is 9.89 Å². The second-order valence-corrected chi connectivity index (χ2v) is 26.2. The van der Waals surface area contributed by atoms with Gasteiger partial charge in [-0.1, -0.05) is 6.42 Å². The van der Waals surface area contributed by atoms with Crippen molar-refractivity contribution in [3.05, 3.63) is 59.7 Å². The molecule has 2 nitrogen and oxygen atoms in total. The summed E-state index contributed by atoms with van der Waals surface area (Å²) in [4.78, 5) is 7.04. The normalized spacial score (nSPS) is 17.2. The van der Waals surface area contributed by atoms with Gasteiger partial charge in [-0.25, -0.2) is 0 Å². The third-order valence-electron chi connectivity index (χ3n) is 5.60. The van der Waals surface area contributed by atoms with Gasteiger partial charge in [0.25, 0.3) is 0 Å². The molecule has 2 aromatic rings. The van der Waals surface area contributed by atoms with Gasteiger partial charge in [-0.05, 0) is 19.3 Å². The fraction of sp³-hybridized carbons (Fsp3) is 0.435. The number of benzene rings is 2. The van der Waals surface area contributed by atoms with Crippen LogP contribution in [0.1, 0.15) is 43.2 Å². The van der Waals surface area contributed by atoms with E-state index in [-0.39, 0.29) is 0 Å². The zero-order chi connectivity index (χ0) is 25.0. The Kier molecular flexibility index (Phi) is 9.19. The molecule has 2 heterocycles. The molecule has 4 rings (SSSR count). The third-order valence-corrected chi connectivity index (χ3v) is 19.7. The molecule has 0 spiro atoms. The van der Waals surface area contributed by atoms with Gasteiger partial charge >= 0.3 is 140 Å². The molecule has 11 heteroatoms. The van der Waals surface area contributed by atoms with Gasteiger partial charge < -0.3 is 4.90 Å². The zero-order valence-corrected chi connectivity index (χ0v) is 23.1. The zero-order valence-electron chi connectivity index (χ0n) is 18.1. The molecular weight excluding hydrogens is 698 g/mol. The molecule has 34 heavy (non-hydrogen) atoms. The molecule has 187 valence electrons. The van der Waals surface area contributed by atoms with E-state index < -0.39 is 47.9 Å². The van der Waals surface area contributed by atoms with Crippen LogP contribution < -0.4 is 6.54 Å². The van der Waals surface area contributed by atoms with Crippen molar-refractivity contribution in [1.29, 1.82) is 0 Å². The van der Waals surface area contributed by atoms with Crippen LogP contribution in [0, 0.1) is 0 Å². The number of fused-ring (bicyclic) bond motifs is 1. The van der Waals surface area contributed by atoms with Crippen molar-refractivity contribution in [1.82, 2.24) is 4.90 Å². The van der Waals surface area contributed by atoms with Crippen molar-refractivity contribution in [3.63, 3.8) is 0 Å². The van der Waals surface area contributed by atoms with Gasteiger partial charge in [0.1, 0.15) is 0 Å². The topological polar surface area (TPSA) is 15.6 Å². The number of aliphatic imine (C=N–C) groups is 1. The van der Waals surface area contributed by atoms with E-state index >= 15 is 0 Å². The van der Waals surface area contributed by atoms with Crippen LogP contribution in [-0.2, 0) is 12.4 Å². The summed E-state index contributed by atoms with van der Waals surface area (Å²) in [5.74, 6) is 1.40. The molecule has 0 bridgehead atoms. The Morgan fingerprint density at radius 2 is 1.21 bits per heavy atom. The Hall–Kier alpha value is -1.05. The summed E-state index contributed by atoms with van der Waals surface area (Å²) in [5, 5.41) is 0. The Morgan fingerprint density at radius 3 is 1.74 bits per heavy atom. The van der Waals surface area contributed by atoms with Gasteiger partial charge in [-0.2, -0.15) is 0 Å². The molecule has 0 unspecified atom stereocenters. The van der Waals surface area contributed by atoms with Crippen LogP contribution in [0.3, 0.4) is 0 Å². The predicted octanol–water partition coefficient (Wildman–Crippen LogP) is 6.42. The van der Waals surface area contributed by atoms with Crippen LogP contribution in [0.2, 0.25) is 0 Å². The number of nitrogens with zero attached hydrogens (tertiary/aromatic N) is 2. The summed E-state index contributed by atoms with van der Waals surface area (Å²) in [6, 6.07) is 8.46. The molecule has 0 saturated carbocycles. The molecule has 1 fully saturated rings. The fourth-order valence-electron chi connectivity index (χ4n) is 3.99. The monoisotopic (exact) mass is 721 g/mol. The molecule has 1 saturated heterocycles. The molecule has 0 N–H and O–H groups in total. The second-order valence-electron chi connectivity index (χ2n) is 7.99. The van der Waals surface area contributed by atoms with Crippen molar-refractivity contribution in [2.75, 3.05) is 19.6 Å². The van der Waals surface area contributed by atoms with Crippen molar-refractivity contribution in [2.45, 2.75) is 44.5 Å². The van der Waals surface area contributed by atoms with E-state index in [1.165, 1.54) is 63.2 Å². The van der Waals surface area contributed by atoms with Gasteiger partial charge in [-0.15, -0.1) is 0 Å². The molecule has 0 amide bonds. The third kappa shape index (κ3) is 6.79. The van der Waals surface area contributed by atoms with Crippen molar-refractivity contribution < 1.29 is 26.3 Å². The number of alkyl halides is 6. The van der Waals surface area contributed by atoms with Crippen molar-refractivity contribution >= 4 is 47.3 Å². The first kappa shape index (κ1) is 27.5. The number of hydrogen-bond acceptors (Lipinski definition) is 2. The maximum atomic E-state index is 13.1. The van der Waals surface area contributed by atoms with Crippen LogP contribution in [0.25, 0.3) is 0 Å². The first-order valence-corrected chi connectivity index (χ1v) is 22.9. The Morgan fingerprint density at radius 1 is 0.706 bits per heavy atom. The number of amidine groups is 1. The molecule has 0 aromatic heterocycles. The average Bonchev–Trinajstić information content (AvgIpc) is 3.04. The fourth-order valence-corrected chi connectivity index (χ4v) is 16.2. The summed E-state index contributed by atoms with van der Waals surface area (Å²) in [6.07, 6.45) is -2.87. The van der Waals surface area contributed by atoms with Crippen LogP contribution in [0.15, 0.2) is 53.5 Å². The molecule has 0 aliphatic carbocycles. The van der Waals surface area contributed by atoms with Gasteiger partial charge in [0.15, 0.2) is 0 Å². The summed E-state index contributed by atoms with van der Waals surface area (Å²) < 4.78 is 77.9. The number of rotatable bonds is 2. The van der Waals surface area contributed by atoms with Crippen molar-refractivity contribution in [2.24, 2.45) is 4.99 Å². The average molecular weight is 722 g/mol. The Labute approximate surface area is 206 Å². The van der Waals surface area contributed by atoms with Gasteiger partial charge in [-0.3, -0.25) is 4.99 Å². The van der Waals surface area contributed by atoms with Gasteiger partial charge in [0.05, 0.1) is 5.84 Å². The number of halogens is 8. The van der Waals surface area contributed by atoms with Crippen LogP contribution in [-0.4, -0.2) is 48.2 Å². The first-order chi connectivity index (χ1) is 15.9. The summed E-state index contributed by atoms with van der Waals surface area (Å²) >= 11 is -5.22. The van der Waals surface area contributed by atoms with Crippen LogP contribution in [0.5, 0.6) is 0 Å². The quantitative estimate of drug-likeness (QED) is 0.258. The molecule has 2 aliphatic heterocycles. The molecule has 2 aromatic carbocycles. The molecule has 1 radical (unpaired) electrons. The van der Waals surface area contributed by atoms with E-state index in [1.54, 1.807) is 0 Å². The summed E-state index contributed by atoms with van der Waals surface area (Å²) in [5.41, 5.74) is -2.19. The van der Waals surface area contributed by atoms with E-state index in [0.717, 1.165) is 42.9 Å². The molecule has 0 atom stereocenters. The Bertz CT molecular complexity index is 948. The second kappa shape index (κ2) is 11.3. The minimum atomic E-state index is -5.22. The van der Waals surface area contributed by atoms with E-state index in [4.69, 9.17) is 17.0 Å². The minimum absolute atomic E-state index is 0.444. The van der Waals surface area contributed by atoms with E-state index in [0.29, 0.717) is 0 Å². The Balaban J connectivity index is 0.000000243. The maximum absolute atomic E-state index is 13.1.